The van der Waals surface area contributed by atoms with Crippen molar-refractivity contribution in [3.05, 3.63) is 82.0 Å². The van der Waals surface area contributed by atoms with E-state index in [0.29, 0.717) is 23.9 Å². The van der Waals surface area contributed by atoms with Crippen LogP contribution in [0.3, 0.4) is 0 Å². The highest BCUT2D eigenvalue weighted by Crippen LogP contribution is 2.21. The van der Waals surface area contributed by atoms with Crippen LogP contribution in [0.15, 0.2) is 68.2 Å². The van der Waals surface area contributed by atoms with Gasteiger partial charge in [-0.25, -0.2) is 4.39 Å². The van der Waals surface area contributed by atoms with E-state index in [-0.39, 0.29) is 28.2 Å². The smallest absolute Gasteiger partial charge is 0.302 e. The molecule has 6 heteroatoms. The molecule has 26 heavy (non-hydrogen) atoms. The molecule has 4 aromatic rings. The lowest BCUT2D eigenvalue weighted by Gasteiger charge is -2.03. The lowest BCUT2D eigenvalue weighted by Crippen LogP contribution is -2.25. The Labute approximate surface area is 147 Å². The number of hydrogen-bond donors (Lipinski definition) is 1. The van der Waals surface area contributed by atoms with Gasteiger partial charge in [0.05, 0.1) is 5.39 Å². The highest BCUT2D eigenvalue weighted by molar-refractivity contribution is 5.97. The molecule has 0 spiro atoms. The summed E-state index contributed by atoms with van der Waals surface area (Å²) in [5.74, 6) is -0.765. The molecule has 2 heterocycles. The minimum Gasteiger partial charge on any atom is -0.425 e. The van der Waals surface area contributed by atoms with Crippen LogP contribution in [0, 0.1) is 5.82 Å². The van der Waals surface area contributed by atoms with Crippen LogP contribution >= 0.6 is 0 Å². The maximum atomic E-state index is 13.2. The third-order valence-electron chi connectivity index (χ3n) is 4.09. The van der Waals surface area contributed by atoms with Crippen LogP contribution in [-0.4, -0.2) is 12.5 Å². The first-order valence-corrected chi connectivity index (χ1v) is 8.10. The van der Waals surface area contributed by atoms with Crippen LogP contribution in [-0.2, 0) is 6.42 Å². The lowest BCUT2D eigenvalue weighted by atomic mass is 10.1. The van der Waals surface area contributed by atoms with Crippen molar-refractivity contribution >= 4 is 28.0 Å². The normalized spacial score (nSPS) is 11.1. The second-order valence-corrected chi connectivity index (χ2v) is 5.87. The predicted octanol–water partition coefficient (Wildman–Crippen LogP) is 3.65. The van der Waals surface area contributed by atoms with Gasteiger partial charge in [0, 0.05) is 12.6 Å². The molecule has 0 saturated heterocycles. The van der Waals surface area contributed by atoms with Crippen molar-refractivity contribution in [2.45, 2.75) is 6.42 Å². The first kappa shape index (κ1) is 16.1. The molecule has 0 fully saturated rings. The van der Waals surface area contributed by atoms with Crippen molar-refractivity contribution in [3.8, 4) is 0 Å². The zero-order valence-electron chi connectivity index (χ0n) is 13.6. The average Bonchev–Trinajstić information content (AvgIpc) is 3.06. The summed E-state index contributed by atoms with van der Waals surface area (Å²) in [4.78, 5) is 24.7. The van der Waals surface area contributed by atoms with E-state index in [1.165, 1.54) is 18.2 Å². The minimum absolute atomic E-state index is 0.00426. The second-order valence-electron chi connectivity index (χ2n) is 5.87. The van der Waals surface area contributed by atoms with Gasteiger partial charge in [0.25, 0.3) is 5.91 Å². The molecular formula is C20H14FNO4. The molecule has 0 aliphatic rings. The van der Waals surface area contributed by atoms with Gasteiger partial charge >= 0.3 is 5.78 Å². The standard InChI is InChI=1S/C20H14FNO4/c21-13-5-3-4-12(10-13)8-9-22-19(24)17-11-15-18(23)14-6-1-2-7-16(14)25-20(15)26-17/h1-7,10-11H,8-9H2,(H,22,24). The van der Waals surface area contributed by atoms with Crippen molar-refractivity contribution in [1.29, 1.82) is 0 Å². The van der Waals surface area contributed by atoms with Crippen LogP contribution in [0.4, 0.5) is 4.39 Å². The molecule has 4 rings (SSSR count). The van der Waals surface area contributed by atoms with Gasteiger partial charge < -0.3 is 14.2 Å². The van der Waals surface area contributed by atoms with Gasteiger partial charge in [0.15, 0.2) is 5.76 Å². The summed E-state index contributed by atoms with van der Waals surface area (Å²) in [7, 11) is 0. The molecule has 0 saturated carbocycles. The molecule has 130 valence electrons. The number of halogens is 1. The Morgan fingerprint density at radius 1 is 1.00 bits per heavy atom. The topological polar surface area (TPSA) is 72.5 Å². The van der Waals surface area contributed by atoms with Gasteiger partial charge in [-0.15, -0.1) is 0 Å². The molecule has 0 atom stereocenters. The summed E-state index contributed by atoms with van der Waals surface area (Å²) in [6.07, 6.45) is 0.477. The van der Waals surface area contributed by atoms with Gasteiger partial charge in [-0.05, 0) is 36.2 Å². The van der Waals surface area contributed by atoms with Crippen molar-refractivity contribution in [2.24, 2.45) is 0 Å². The molecule has 0 unspecified atom stereocenters. The van der Waals surface area contributed by atoms with E-state index >= 15 is 0 Å². The Morgan fingerprint density at radius 2 is 1.85 bits per heavy atom. The fourth-order valence-electron chi connectivity index (χ4n) is 2.81. The van der Waals surface area contributed by atoms with E-state index < -0.39 is 5.91 Å². The Balaban J connectivity index is 1.54. The van der Waals surface area contributed by atoms with Crippen LogP contribution in [0.1, 0.15) is 16.1 Å². The number of carbonyl (C=O) groups excluding carboxylic acids is 1. The Hall–Kier alpha value is -3.41. The van der Waals surface area contributed by atoms with Gasteiger partial charge in [-0.3, -0.25) is 9.59 Å². The summed E-state index contributed by atoms with van der Waals surface area (Å²) in [5, 5.41) is 3.34. The number of fused-ring (bicyclic) bond motifs is 2. The molecule has 0 aliphatic heterocycles. The number of para-hydroxylation sites is 1. The zero-order chi connectivity index (χ0) is 18.1. The largest absolute Gasteiger partial charge is 0.425 e. The highest BCUT2D eigenvalue weighted by atomic mass is 19.1. The molecule has 0 bridgehead atoms. The molecule has 2 aromatic heterocycles. The van der Waals surface area contributed by atoms with Gasteiger partial charge in [-0.2, -0.15) is 0 Å². The number of benzene rings is 2. The highest BCUT2D eigenvalue weighted by Gasteiger charge is 2.17. The molecule has 0 aliphatic carbocycles. The quantitative estimate of drug-likeness (QED) is 0.609. The van der Waals surface area contributed by atoms with E-state index in [1.807, 2.05) is 0 Å². The first-order valence-electron chi connectivity index (χ1n) is 8.10. The molecule has 0 radical (unpaired) electrons. The molecular weight excluding hydrogens is 337 g/mol. The molecule has 5 nitrogen and oxygen atoms in total. The number of carbonyl (C=O) groups is 1. The maximum absolute atomic E-state index is 13.2. The summed E-state index contributed by atoms with van der Waals surface area (Å²) >= 11 is 0. The van der Waals surface area contributed by atoms with Gasteiger partial charge in [0.1, 0.15) is 16.8 Å². The number of hydrogen-bond acceptors (Lipinski definition) is 4. The van der Waals surface area contributed by atoms with Crippen LogP contribution in [0.25, 0.3) is 22.1 Å². The third kappa shape index (κ3) is 2.97. The van der Waals surface area contributed by atoms with Crippen molar-refractivity contribution in [3.63, 3.8) is 0 Å². The molecule has 1 amide bonds. The minimum atomic E-state index is -0.462. The average molecular weight is 351 g/mol. The Kier molecular flexibility index (Phi) is 4.01. The number of rotatable bonds is 4. The SMILES string of the molecule is O=C(NCCc1cccc(F)c1)c1cc2c(=O)c3ccccc3oc2o1. The van der Waals surface area contributed by atoms with Gasteiger partial charge in [-0.1, -0.05) is 24.3 Å². The predicted molar refractivity (Wildman–Crippen MR) is 94.7 cm³/mol. The fraction of sp³-hybridized carbons (Fsp3) is 0.100. The summed E-state index contributed by atoms with van der Waals surface area (Å²) in [6, 6.07) is 14.4. The van der Waals surface area contributed by atoms with Crippen molar-refractivity contribution in [1.82, 2.24) is 5.32 Å². The number of amides is 1. The monoisotopic (exact) mass is 351 g/mol. The lowest BCUT2D eigenvalue weighted by molar-refractivity contribution is 0.0927. The number of furan rings is 1. The number of nitrogens with one attached hydrogen (secondary N) is 1. The van der Waals surface area contributed by atoms with Gasteiger partial charge in [0.2, 0.25) is 5.43 Å². The fourth-order valence-corrected chi connectivity index (χ4v) is 2.81. The van der Waals surface area contributed by atoms with E-state index in [2.05, 4.69) is 5.32 Å². The van der Waals surface area contributed by atoms with E-state index in [0.717, 1.165) is 5.56 Å². The summed E-state index contributed by atoms with van der Waals surface area (Å²) in [6.45, 7) is 0.308. The molecule has 1 N–H and O–H groups in total. The van der Waals surface area contributed by atoms with Crippen LogP contribution in [0.2, 0.25) is 0 Å². The van der Waals surface area contributed by atoms with E-state index in [1.54, 1.807) is 36.4 Å². The van der Waals surface area contributed by atoms with E-state index in [9.17, 15) is 14.0 Å². The van der Waals surface area contributed by atoms with Crippen molar-refractivity contribution in [2.75, 3.05) is 6.54 Å². The zero-order valence-corrected chi connectivity index (χ0v) is 13.6. The first-order chi connectivity index (χ1) is 12.6. The maximum Gasteiger partial charge on any atom is 0.302 e. The third-order valence-corrected chi connectivity index (χ3v) is 4.09. The summed E-state index contributed by atoms with van der Waals surface area (Å²) < 4.78 is 24.1. The summed E-state index contributed by atoms with van der Waals surface area (Å²) in [5.41, 5.74) is 0.930. The Bertz CT molecular complexity index is 1180. The van der Waals surface area contributed by atoms with Crippen LogP contribution < -0.4 is 10.7 Å². The van der Waals surface area contributed by atoms with Crippen molar-refractivity contribution < 1.29 is 18.0 Å². The van der Waals surface area contributed by atoms with E-state index in [4.69, 9.17) is 8.83 Å². The Morgan fingerprint density at radius 3 is 2.69 bits per heavy atom. The second kappa shape index (κ2) is 6.48. The molecule has 2 aromatic carbocycles. The van der Waals surface area contributed by atoms with Crippen LogP contribution in [0.5, 0.6) is 0 Å².